The van der Waals surface area contributed by atoms with E-state index in [1.54, 1.807) is 6.07 Å². The average Bonchev–Trinajstić information content (AvgIpc) is 2.61. The number of carbonyl (C=O) groups is 1. The quantitative estimate of drug-likeness (QED) is 0.752. The number of carbonyl (C=O) groups excluding carboxylic acids is 1. The van der Waals surface area contributed by atoms with Gasteiger partial charge in [-0.1, -0.05) is 31.0 Å². The molecular weight excluding hydrogens is 360 g/mol. The third kappa shape index (κ3) is 4.93. The Kier molecular flexibility index (Phi) is 6.43. The Morgan fingerprint density at radius 1 is 1.36 bits per heavy atom. The number of amides is 1. The Bertz CT molecular complexity index is 749. The molecular formula is C16H22N4O3S2. The highest BCUT2D eigenvalue weighted by atomic mass is 32.2. The Hall–Kier alpha value is -1.63. The summed E-state index contributed by atoms with van der Waals surface area (Å²) in [4.78, 5) is 16.4. The van der Waals surface area contributed by atoms with Crippen LogP contribution in [0.3, 0.4) is 0 Å². The van der Waals surface area contributed by atoms with Crippen molar-refractivity contribution in [3.05, 3.63) is 18.3 Å². The van der Waals surface area contributed by atoms with E-state index >= 15 is 0 Å². The van der Waals surface area contributed by atoms with Crippen LogP contribution in [0.4, 0.5) is 0 Å². The molecule has 1 aliphatic rings. The monoisotopic (exact) mass is 382 g/mol. The first-order valence-corrected chi connectivity index (χ1v) is 10.5. The molecule has 0 unspecified atom stereocenters. The van der Waals surface area contributed by atoms with E-state index in [2.05, 4.69) is 16.4 Å². The SMILES string of the molecule is CN(C)S(=O)(=O)c1ccc(SCC(=O)NC2(C#N)CCCCC2)nc1. The van der Waals surface area contributed by atoms with Crippen molar-refractivity contribution in [2.24, 2.45) is 0 Å². The minimum Gasteiger partial charge on any atom is -0.337 e. The van der Waals surface area contributed by atoms with E-state index in [9.17, 15) is 18.5 Å². The predicted molar refractivity (Wildman–Crippen MR) is 95.4 cm³/mol. The van der Waals surface area contributed by atoms with E-state index in [1.165, 1.54) is 38.1 Å². The molecule has 1 aromatic rings. The Morgan fingerprint density at radius 3 is 2.56 bits per heavy atom. The van der Waals surface area contributed by atoms with Crippen molar-refractivity contribution < 1.29 is 13.2 Å². The number of hydrogen-bond acceptors (Lipinski definition) is 6. The first kappa shape index (κ1) is 19.7. The molecule has 0 aromatic carbocycles. The molecule has 1 aliphatic carbocycles. The van der Waals surface area contributed by atoms with E-state index < -0.39 is 15.6 Å². The molecule has 1 N–H and O–H groups in total. The second kappa shape index (κ2) is 8.17. The van der Waals surface area contributed by atoms with Gasteiger partial charge in [0.25, 0.3) is 0 Å². The van der Waals surface area contributed by atoms with E-state index in [1.807, 2.05) is 0 Å². The van der Waals surface area contributed by atoms with Crippen LogP contribution < -0.4 is 5.32 Å². The van der Waals surface area contributed by atoms with Crippen LogP contribution in [0.2, 0.25) is 0 Å². The Morgan fingerprint density at radius 2 is 2.04 bits per heavy atom. The molecule has 0 saturated heterocycles. The van der Waals surface area contributed by atoms with Crippen molar-refractivity contribution in [2.75, 3.05) is 19.8 Å². The van der Waals surface area contributed by atoms with Gasteiger partial charge in [0.05, 0.1) is 16.8 Å². The van der Waals surface area contributed by atoms with Gasteiger partial charge < -0.3 is 5.32 Å². The van der Waals surface area contributed by atoms with Crippen molar-refractivity contribution in [2.45, 2.75) is 47.6 Å². The van der Waals surface area contributed by atoms with Gasteiger partial charge in [0.1, 0.15) is 10.4 Å². The molecule has 0 spiro atoms. The van der Waals surface area contributed by atoms with Gasteiger partial charge in [0.15, 0.2) is 0 Å². The smallest absolute Gasteiger partial charge is 0.244 e. The van der Waals surface area contributed by atoms with Gasteiger partial charge in [0, 0.05) is 20.3 Å². The van der Waals surface area contributed by atoms with Crippen LogP contribution in [0.5, 0.6) is 0 Å². The van der Waals surface area contributed by atoms with E-state index in [-0.39, 0.29) is 16.6 Å². The van der Waals surface area contributed by atoms with Crippen molar-refractivity contribution in [3.63, 3.8) is 0 Å². The number of nitrogens with one attached hydrogen (secondary N) is 1. The molecule has 0 aliphatic heterocycles. The molecule has 1 saturated carbocycles. The zero-order valence-electron chi connectivity index (χ0n) is 14.4. The largest absolute Gasteiger partial charge is 0.337 e. The average molecular weight is 383 g/mol. The minimum atomic E-state index is -3.51. The summed E-state index contributed by atoms with van der Waals surface area (Å²) in [7, 11) is -0.595. The van der Waals surface area contributed by atoms with Gasteiger partial charge >= 0.3 is 0 Å². The molecule has 7 nitrogen and oxygen atoms in total. The minimum absolute atomic E-state index is 0.108. The number of nitriles is 1. The fourth-order valence-corrected chi connectivity index (χ4v) is 4.17. The second-order valence-electron chi connectivity index (χ2n) is 6.21. The van der Waals surface area contributed by atoms with Gasteiger partial charge in [-0.2, -0.15) is 5.26 Å². The fourth-order valence-electron chi connectivity index (χ4n) is 2.68. The lowest BCUT2D eigenvalue weighted by Crippen LogP contribution is -2.49. The first-order valence-electron chi connectivity index (χ1n) is 8.03. The number of hydrogen-bond donors (Lipinski definition) is 1. The normalized spacial score (nSPS) is 17.0. The third-order valence-corrected chi connectivity index (χ3v) is 6.88. The van der Waals surface area contributed by atoms with Crippen molar-refractivity contribution >= 4 is 27.7 Å². The molecule has 0 radical (unpaired) electrons. The molecule has 136 valence electrons. The van der Waals surface area contributed by atoms with Crippen LogP contribution in [0.15, 0.2) is 28.3 Å². The molecule has 1 heterocycles. The molecule has 1 aromatic heterocycles. The highest BCUT2D eigenvalue weighted by Crippen LogP contribution is 2.28. The lowest BCUT2D eigenvalue weighted by Gasteiger charge is -2.31. The summed E-state index contributed by atoms with van der Waals surface area (Å²) >= 11 is 1.21. The van der Waals surface area contributed by atoms with Crippen molar-refractivity contribution in [1.82, 2.24) is 14.6 Å². The number of nitrogens with zero attached hydrogens (tertiary/aromatic N) is 3. The number of thioether (sulfide) groups is 1. The highest BCUT2D eigenvalue weighted by molar-refractivity contribution is 7.99. The Labute approximate surface area is 152 Å². The van der Waals surface area contributed by atoms with Crippen LogP contribution in [0.25, 0.3) is 0 Å². The number of aromatic nitrogens is 1. The van der Waals surface area contributed by atoms with Crippen LogP contribution >= 0.6 is 11.8 Å². The van der Waals surface area contributed by atoms with E-state index in [0.29, 0.717) is 17.9 Å². The number of rotatable bonds is 6. The van der Waals surface area contributed by atoms with E-state index in [0.717, 1.165) is 23.6 Å². The molecule has 0 atom stereocenters. The van der Waals surface area contributed by atoms with Crippen LogP contribution in [0.1, 0.15) is 32.1 Å². The van der Waals surface area contributed by atoms with Gasteiger partial charge in [-0.3, -0.25) is 4.79 Å². The predicted octanol–water partition coefficient (Wildman–Crippen LogP) is 1.77. The topological polar surface area (TPSA) is 103 Å². The summed E-state index contributed by atoms with van der Waals surface area (Å²) in [5.41, 5.74) is -0.743. The highest BCUT2D eigenvalue weighted by Gasteiger charge is 2.33. The van der Waals surface area contributed by atoms with E-state index in [4.69, 9.17) is 0 Å². The lowest BCUT2D eigenvalue weighted by atomic mass is 9.83. The molecule has 9 heteroatoms. The summed E-state index contributed by atoms with van der Waals surface area (Å²) < 4.78 is 25.1. The summed E-state index contributed by atoms with van der Waals surface area (Å²) in [6.45, 7) is 0. The molecule has 2 rings (SSSR count). The molecule has 1 fully saturated rings. The van der Waals surface area contributed by atoms with Crippen LogP contribution in [-0.2, 0) is 14.8 Å². The standard InChI is InChI=1S/C16H22N4O3S2/c1-20(2)25(22,23)13-6-7-15(18-10-13)24-11-14(21)19-16(12-17)8-4-3-5-9-16/h6-7,10H,3-5,8-9,11H2,1-2H3,(H,19,21). The van der Waals surface area contributed by atoms with Gasteiger partial charge in [-0.05, 0) is 25.0 Å². The Balaban J connectivity index is 1.93. The van der Waals surface area contributed by atoms with Crippen molar-refractivity contribution in [1.29, 1.82) is 5.26 Å². The fraction of sp³-hybridized carbons (Fsp3) is 0.562. The van der Waals surface area contributed by atoms with Crippen molar-refractivity contribution in [3.8, 4) is 6.07 Å². The maximum absolute atomic E-state index is 12.2. The third-order valence-electron chi connectivity index (χ3n) is 4.14. The second-order valence-corrected chi connectivity index (χ2v) is 9.36. The summed E-state index contributed by atoms with van der Waals surface area (Å²) in [6, 6.07) is 5.30. The number of sulfonamides is 1. The lowest BCUT2D eigenvalue weighted by molar-refractivity contribution is -0.120. The zero-order valence-corrected chi connectivity index (χ0v) is 16.0. The van der Waals surface area contributed by atoms with Gasteiger partial charge in [0.2, 0.25) is 15.9 Å². The van der Waals surface area contributed by atoms with Gasteiger partial charge in [-0.15, -0.1) is 0 Å². The molecule has 1 amide bonds. The maximum atomic E-state index is 12.2. The number of pyridine rings is 1. The zero-order chi connectivity index (χ0) is 18.5. The first-order chi connectivity index (χ1) is 11.8. The molecule has 0 bridgehead atoms. The maximum Gasteiger partial charge on any atom is 0.244 e. The van der Waals surface area contributed by atoms with Crippen LogP contribution in [-0.4, -0.2) is 49.0 Å². The summed E-state index contributed by atoms with van der Waals surface area (Å²) in [5.74, 6) is -0.0730. The molecule has 25 heavy (non-hydrogen) atoms. The summed E-state index contributed by atoms with van der Waals surface area (Å²) in [6.07, 6.45) is 5.66. The summed E-state index contributed by atoms with van der Waals surface area (Å²) in [5, 5.41) is 12.8. The van der Waals surface area contributed by atoms with Gasteiger partial charge in [-0.25, -0.2) is 17.7 Å². The van der Waals surface area contributed by atoms with Crippen LogP contribution in [0, 0.1) is 11.3 Å².